The molecule has 1 aromatic rings. The van der Waals surface area contributed by atoms with Crippen LogP contribution in [0.2, 0.25) is 5.02 Å². The second-order valence-corrected chi connectivity index (χ2v) is 5.39. The zero-order valence-electron chi connectivity index (χ0n) is 9.35. The molecule has 0 fully saturated rings. The number of benzene rings is 1. The second kappa shape index (κ2) is 6.06. The molecule has 15 heavy (non-hydrogen) atoms. The molecular weight excluding hydrogens is 320 g/mol. The third-order valence-electron chi connectivity index (χ3n) is 2.83. The maximum absolute atomic E-state index is 6.13. The van der Waals surface area contributed by atoms with Crippen molar-refractivity contribution < 1.29 is 0 Å². The summed E-state index contributed by atoms with van der Waals surface area (Å²) >= 11 is 8.38. The topological polar surface area (TPSA) is 12.0 Å². The molecule has 0 heterocycles. The van der Waals surface area contributed by atoms with Crippen molar-refractivity contribution in [3.8, 4) is 0 Å². The lowest BCUT2D eigenvalue weighted by Gasteiger charge is -2.23. The van der Waals surface area contributed by atoms with E-state index in [1.54, 1.807) is 0 Å². The van der Waals surface area contributed by atoms with Gasteiger partial charge in [0.25, 0.3) is 0 Å². The first-order chi connectivity index (χ1) is 7.10. The van der Waals surface area contributed by atoms with Crippen LogP contribution in [0.5, 0.6) is 0 Å². The van der Waals surface area contributed by atoms with Gasteiger partial charge in [-0.05, 0) is 53.3 Å². The minimum Gasteiger partial charge on any atom is -0.313 e. The van der Waals surface area contributed by atoms with Gasteiger partial charge in [-0.3, -0.25) is 0 Å². The van der Waals surface area contributed by atoms with Crippen LogP contribution in [0.15, 0.2) is 18.2 Å². The molecule has 0 saturated carbocycles. The van der Waals surface area contributed by atoms with Crippen LogP contribution in [0.1, 0.15) is 31.9 Å². The Hall–Kier alpha value is 0.200. The van der Waals surface area contributed by atoms with Gasteiger partial charge in [0, 0.05) is 9.61 Å². The molecule has 0 amide bonds. The lowest BCUT2D eigenvalue weighted by Crippen LogP contribution is -2.23. The minimum atomic E-state index is 0.393. The minimum absolute atomic E-state index is 0.393. The first-order valence-corrected chi connectivity index (χ1v) is 6.68. The highest BCUT2D eigenvalue weighted by Gasteiger charge is 2.16. The second-order valence-electron chi connectivity index (χ2n) is 3.83. The van der Waals surface area contributed by atoms with Crippen LogP contribution in [0.3, 0.4) is 0 Å². The number of halogens is 2. The van der Waals surface area contributed by atoms with Crippen LogP contribution >= 0.6 is 34.2 Å². The van der Waals surface area contributed by atoms with Crippen LogP contribution in [0, 0.1) is 9.49 Å². The number of rotatable bonds is 4. The third-order valence-corrected chi connectivity index (χ3v) is 4.40. The van der Waals surface area contributed by atoms with Crippen LogP contribution in [-0.2, 0) is 0 Å². The summed E-state index contributed by atoms with van der Waals surface area (Å²) < 4.78 is 1.11. The summed E-state index contributed by atoms with van der Waals surface area (Å²) in [7, 11) is 2.00. The number of hydrogen-bond acceptors (Lipinski definition) is 1. The fraction of sp³-hybridized carbons (Fsp3) is 0.500. The van der Waals surface area contributed by atoms with E-state index in [-0.39, 0.29) is 0 Å². The zero-order chi connectivity index (χ0) is 11.4. The highest BCUT2D eigenvalue weighted by atomic mass is 127. The SMILES string of the molecule is CCC(C)C(NC)c1ccc(I)c(Cl)c1. The Balaban J connectivity index is 2.97. The van der Waals surface area contributed by atoms with E-state index in [4.69, 9.17) is 11.6 Å². The standard InChI is InChI=1S/C12H17ClIN/c1-4-8(2)12(15-3)9-5-6-11(14)10(13)7-9/h5-8,12,15H,4H2,1-3H3. The van der Waals surface area contributed by atoms with Crippen molar-refractivity contribution in [1.29, 1.82) is 0 Å². The number of nitrogens with one attached hydrogen (secondary N) is 1. The first-order valence-electron chi connectivity index (χ1n) is 5.22. The molecule has 3 heteroatoms. The Morgan fingerprint density at radius 1 is 1.47 bits per heavy atom. The van der Waals surface area contributed by atoms with E-state index in [9.17, 15) is 0 Å². The number of hydrogen-bond donors (Lipinski definition) is 1. The summed E-state index contributed by atoms with van der Waals surface area (Å²) in [6.07, 6.45) is 1.16. The van der Waals surface area contributed by atoms with E-state index < -0.39 is 0 Å². The van der Waals surface area contributed by atoms with Crippen LogP contribution in [0.4, 0.5) is 0 Å². The Morgan fingerprint density at radius 3 is 2.60 bits per heavy atom. The van der Waals surface area contributed by atoms with E-state index in [1.165, 1.54) is 5.56 Å². The van der Waals surface area contributed by atoms with Gasteiger partial charge in [0.05, 0.1) is 5.02 Å². The van der Waals surface area contributed by atoms with Gasteiger partial charge in [-0.25, -0.2) is 0 Å². The zero-order valence-corrected chi connectivity index (χ0v) is 12.3. The molecular formula is C12H17ClIN. The molecule has 1 nitrogen and oxygen atoms in total. The normalized spacial score (nSPS) is 15.0. The summed E-state index contributed by atoms with van der Waals surface area (Å²) in [5.41, 5.74) is 1.28. The summed E-state index contributed by atoms with van der Waals surface area (Å²) in [5, 5.41) is 4.20. The molecule has 0 aliphatic rings. The van der Waals surface area contributed by atoms with E-state index in [2.05, 4.69) is 60.0 Å². The van der Waals surface area contributed by atoms with Gasteiger partial charge in [0.15, 0.2) is 0 Å². The Kier molecular flexibility index (Phi) is 5.36. The monoisotopic (exact) mass is 337 g/mol. The van der Waals surface area contributed by atoms with Crippen LogP contribution in [0.25, 0.3) is 0 Å². The molecule has 0 radical (unpaired) electrons. The maximum Gasteiger partial charge on any atom is 0.0542 e. The molecule has 2 atom stereocenters. The molecule has 2 unspecified atom stereocenters. The van der Waals surface area contributed by atoms with Gasteiger partial charge < -0.3 is 5.32 Å². The van der Waals surface area contributed by atoms with E-state index >= 15 is 0 Å². The quantitative estimate of drug-likeness (QED) is 0.810. The molecule has 0 spiro atoms. The lowest BCUT2D eigenvalue weighted by atomic mass is 9.93. The van der Waals surface area contributed by atoms with Crippen LogP contribution in [-0.4, -0.2) is 7.05 Å². The molecule has 0 aliphatic carbocycles. The van der Waals surface area contributed by atoms with Crippen LogP contribution < -0.4 is 5.32 Å². The lowest BCUT2D eigenvalue weighted by molar-refractivity contribution is 0.400. The van der Waals surface area contributed by atoms with E-state index in [1.807, 2.05) is 7.05 Å². The molecule has 0 aliphatic heterocycles. The van der Waals surface area contributed by atoms with Crippen molar-refractivity contribution in [1.82, 2.24) is 5.32 Å². The molecule has 0 aromatic heterocycles. The van der Waals surface area contributed by atoms with Crippen molar-refractivity contribution in [2.24, 2.45) is 5.92 Å². The molecule has 84 valence electrons. The first kappa shape index (κ1) is 13.3. The van der Waals surface area contributed by atoms with E-state index in [0.29, 0.717) is 12.0 Å². The third kappa shape index (κ3) is 3.33. The van der Waals surface area contributed by atoms with Crippen molar-refractivity contribution in [2.45, 2.75) is 26.3 Å². The van der Waals surface area contributed by atoms with Gasteiger partial charge >= 0.3 is 0 Å². The van der Waals surface area contributed by atoms with E-state index in [0.717, 1.165) is 15.0 Å². The summed E-state index contributed by atoms with van der Waals surface area (Å²) in [6, 6.07) is 6.69. The van der Waals surface area contributed by atoms with Crippen molar-refractivity contribution >= 4 is 34.2 Å². The Bertz CT molecular complexity index is 327. The van der Waals surface area contributed by atoms with Gasteiger partial charge in [0.2, 0.25) is 0 Å². The van der Waals surface area contributed by atoms with Gasteiger partial charge in [-0.2, -0.15) is 0 Å². The molecule has 1 aromatic carbocycles. The van der Waals surface area contributed by atoms with Gasteiger partial charge in [0.1, 0.15) is 0 Å². The summed E-state index contributed by atoms with van der Waals surface area (Å²) in [5.74, 6) is 0.617. The van der Waals surface area contributed by atoms with Crippen molar-refractivity contribution in [2.75, 3.05) is 7.05 Å². The average molecular weight is 338 g/mol. The highest BCUT2D eigenvalue weighted by Crippen LogP contribution is 2.28. The molecule has 0 saturated heterocycles. The van der Waals surface area contributed by atoms with Crippen molar-refractivity contribution in [3.63, 3.8) is 0 Å². The maximum atomic E-state index is 6.13. The van der Waals surface area contributed by atoms with Gasteiger partial charge in [-0.1, -0.05) is 37.9 Å². The predicted molar refractivity (Wildman–Crippen MR) is 75.4 cm³/mol. The average Bonchev–Trinajstić information content (AvgIpc) is 2.24. The fourth-order valence-electron chi connectivity index (χ4n) is 1.72. The summed E-state index contributed by atoms with van der Waals surface area (Å²) in [4.78, 5) is 0. The van der Waals surface area contributed by atoms with Crippen molar-refractivity contribution in [3.05, 3.63) is 32.4 Å². The highest BCUT2D eigenvalue weighted by molar-refractivity contribution is 14.1. The smallest absolute Gasteiger partial charge is 0.0542 e. The molecule has 1 N–H and O–H groups in total. The molecule has 1 rings (SSSR count). The Morgan fingerprint density at radius 2 is 2.13 bits per heavy atom. The molecule has 0 bridgehead atoms. The summed E-state index contributed by atoms with van der Waals surface area (Å²) in [6.45, 7) is 4.47. The largest absolute Gasteiger partial charge is 0.313 e. The predicted octanol–water partition coefficient (Wildman–Crippen LogP) is 4.25. The van der Waals surface area contributed by atoms with Gasteiger partial charge in [-0.15, -0.1) is 0 Å². The Labute approximate surface area is 111 Å². The fourth-order valence-corrected chi connectivity index (χ4v) is 2.25.